The van der Waals surface area contributed by atoms with Crippen molar-refractivity contribution in [2.45, 2.75) is 6.92 Å². The lowest BCUT2D eigenvalue weighted by Gasteiger charge is -2.16. The summed E-state index contributed by atoms with van der Waals surface area (Å²) in [5.41, 5.74) is 1.90. The van der Waals surface area contributed by atoms with Crippen LogP contribution in [0.3, 0.4) is 0 Å². The van der Waals surface area contributed by atoms with Gasteiger partial charge in [0.2, 0.25) is 0 Å². The molecule has 1 amide bonds. The average molecular weight is 336 g/mol. The summed E-state index contributed by atoms with van der Waals surface area (Å²) in [5.74, 6) is 0.00809. The van der Waals surface area contributed by atoms with Crippen LogP contribution in [0.25, 0.3) is 6.08 Å². The van der Waals surface area contributed by atoms with Gasteiger partial charge in [-0.3, -0.25) is 9.69 Å². The van der Waals surface area contributed by atoms with Crippen molar-refractivity contribution in [3.05, 3.63) is 65.4 Å². The van der Waals surface area contributed by atoms with Gasteiger partial charge in [-0.25, -0.2) is 9.79 Å². The molecule has 6 nitrogen and oxygen atoms in total. The van der Waals surface area contributed by atoms with Gasteiger partial charge >= 0.3 is 5.97 Å². The summed E-state index contributed by atoms with van der Waals surface area (Å²) in [6, 6.07) is 13.4. The number of anilines is 1. The van der Waals surface area contributed by atoms with E-state index in [1.165, 1.54) is 17.0 Å². The monoisotopic (exact) mass is 336 g/mol. The Morgan fingerprint density at radius 2 is 1.76 bits per heavy atom. The summed E-state index contributed by atoms with van der Waals surface area (Å²) < 4.78 is 5.11. The number of carbonyl (C=O) groups is 2. The van der Waals surface area contributed by atoms with Crippen LogP contribution in [-0.4, -0.2) is 29.9 Å². The predicted molar refractivity (Wildman–Crippen MR) is 95.0 cm³/mol. The standard InChI is InChI=1S/C19H16N2O4/c1-12-20-17(11-13-3-9-16(25-2)10-4-13)18(22)21(12)15-7-5-14(6-8-15)19(23)24/h3-11H,1-2H3,(H,23,24)/b17-11+. The Morgan fingerprint density at radius 3 is 2.32 bits per heavy atom. The van der Waals surface area contributed by atoms with E-state index < -0.39 is 5.97 Å². The maximum Gasteiger partial charge on any atom is 0.335 e. The van der Waals surface area contributed by atoms with E-state index in [9.17, 15) is 9.59 Å². The van der Waals surface area contributed by atoms with E-state index in [1.54, 1.807) is 32.2 Å². The molecule has 3 rings (SSSR count). The van der Waals surface area contributed by atoms with Gasteiger partial charge in [0.15, 0.2) is 0 Å². The number of amidine groups is 1. The molecule has 0 aliphatic carbocycles. The molecule has 0 bridgehead atoms. The highest BCUT2D eigenvalue weighted by Crippen LogP contribution is 2.25. The van der Waals surface area contributed by atoms with Crippen LogP contribution in [0, 0.1) is 0 Å². The molecule has 1 aliphatic rings. The minimum absolute atomic E-state index is 0.166. The maximum atomic E-state index is 12.7. The van der Waals surface area contributed by atoms with Crippen molar-refractivity contribution in [3.63, 3.8) is 0 Å². The minimum Gasteiger partial charge on any atom is -0.497 e. The molecule has 126 valence electrons. The summed E-state index contributed by atoms with van der Waals surface area (Å²) in [6.45, 7) is 1.73. The fourth-order valence-corrected chi connectivity index (χ4v) is 2.54. The van der Waals surface area contributed by atoms with Crippen LogP contribution < -0.4 is 9.64 Å². The molecular weight excluding hydrogens is 320 g/mol. The molecule has 6 heteroatoms. The van der Waals surface area contributed by atoms with Crippen molar-refractivity contribution in [2.24, 2.45) is 4.99 Å². The molecule has 0 saturated carbocycles. The van der Waals surface area contributed by atoms with Crippen LogP contribution in [0.4, 0.5) is 5.69 Å². The van der Waals surface area contributed by atoms with Crippen molar-refractivity contribution in [2.75, 3.05) is 12.0 Å². The van der Waals surface area contributed by atoms with E-state index in [1.807, 2.05) is 24.3 Å². The zero-order valence-electron chi connectivity index (χ0n) is 13.8. The number of methoxy groups -OCH3 is 1. The Morgan fingerprint density at radius 1 is 1.12 bits per heavy atom. The van der Waals surface area contributed by atoms with E-state index >= 15 is 0 Å². The Labute approximate surface area is 144 Å². The quantitative estimate of drug-likeness (QED) is 0.870. The molecule has 2 aromatic carbocycles. The van der Waals surface area contributed by atoms with Crippen LogP contribution >= 0.6 is 0 Å². The van der Waals surface area contributed by atoms with E-state index in [0.29, 0.717) is 17.2 Å². The lowest BCUT2D eigenvalue weighted by Crippen LogP contribution is -2.30. The first-order valence-electron chi connectivity index (χ1n) is 7.58. The van der Waals surface area contributed by atoms with Crippen molar-refractivity contribution in [1.29, 1.82) is 0 Å². The Kier molecular flexibility index (Phi) is 4.35. The minimum atomic E-state index is -1.01. The number of rotatable bonds is 4. The Hall–Kier alpha value is -3.41. The normalized spacial score (nSPS) is 15.4. The summed E-state index contributed by atoms with van der Waals surface area (Å²) in [7, 11) is 1.59. The molecule has 2 aromatic rings. The molecule has 0 atom stereocenters. The van der Waals surface area contributed by atoms with Gasteiger partial charge in [-0.05, 0) is 55.0 Å². The average Bonchev–Trinajstić information content (AvgIpc) is 2.89. The highest BCUT2D eigenvalue weighted by Gasteiger charge is 2.28. The molecule has 0 unspecified atom stereocenters. The van der Waals surface area contributed by atoms with Gasteiger partial charge in [-0.1, -0.05) is 12.1 Å². The molecule has 0 saturated heterocycles. The fraction of sp³-hybridized carbons (Fsp3) is 0.105. The molecule has 0 spiro atoms. The first-order valence-corrected chi connectivity index (χ1v) is 7.58. The largest absolute Gasteiger partial charge is 0.497 e. The van der Waals surface area contributed by atoms with Gasteiger partial charge in [0.25, 0.3) is 5.91 Å². The number of amides is 1. The van der Waals surface area contributed by atoms with Crippen LogP contribution in [-0.2, 0) is 4.79 Å². The first kappa shape index (κ1) is 16.4. The second kappa shape index (κ2) is 6.60. The summed E-state index contributed by atoms with van der Waals surface area (Å²) in [5, 5.41) is 8.97. The van der Waals surface area contributed by atoms with Gasteiger partial charge < -0.3 is 9.84 Å². The third-order valence-corrected chi connectivity index (χ3v) is 3.82. The van der Waals surface area contributed by atoms with E-state index in [2.05, 4.69) is 4.99 Å². The number of carboxylic acids is 1. The summed E-state index contributed by atoms with van der Waals surface area (Å²) >= 11 is 0. The molecule has 0 aromatic heterocycles. The number of hydrogen-bond acceptors (Lipinski definition) is 4. The number of aromatic carboxylic acids is 1. The zero-order chi connectivity index (χ0) is 18.0. The van der Waals surface area contributed by atoms with Crippen LogP contribution in [0.5, 0.6) is 5.75 Å². The fourth-order valence-electron chi connectivity index (χ4n) is 2.54. The van der Waals surface area contributed by atoms with E-state index in [-0.39, 0.29) is 11.5 Å². The van der Waals surface area contributed by atoms with Crippen LogP contribution in [0.2, 0.25) is 0 Å². The van der Waals surface area contributed by atoms with Gasteiger partial charge in [0, 0.05) is 0 Å². The van der Waals surface area contributed by atoms with E-state index in [0.717, 1.165) is 11.3 Å². The van der Waals surface area contributed by atoms with Crippen molar-refractivity contribution < 1.29 is 19.4 Å². The molecule has 1 aliphatic heterocycles. The Bertz CT molecular complexity index is 881. The van der Waals surface area contributed by atoms with Gasteiger partial charge in [0.05, 0.1) is 18.4 Å². The first-order chi connectivity index (χ1) is 12.0. The number of carbonyl (C=O) groups excluding carboxylic acids is 1. The lowest BCUT2D eigenvalue weighted by atomic mass is 10.1. The molecule has 0 radical (unpaired) electrons. The number of ether oxygens (including phenoxy) is 1. The van der Waals surface area contributed by atoms with Gasteiger partial charge in [0.1, 0.15) is 17.3 Å². The van der Waals surface area contributed by atoms with Crippen molar-refractivity contribution in [1.82, 2.24) is 0 Å². The van der Waals surface area contributed by atoms with Gasteiger partial charge in [-0.15, -0.1) is 0 Å². The van der Waals surface area contributed by atoms with Gasteiger partial charge in [-0.2, -0.15) is 0 Å². The highest BCUT2D eigenvalue weighted by molar-refractivity contribution is 6.28. The Balaban J connectivity index is 1.87. The molecule has 1 heterocycles. The summed E-state index contributed by atoms with van der Waals surface area (Å²) in [4.78, 5) is 29.4. The predicted octanol–water partition coefficient (Wildman–Crippen LogP) is 3.20. The second-order valence-corrected chi connectivity index (χ2v) is 5.45. The van der Waals surface area contributed by atoms with Crippen LogP contribution in [0.15, 0.2) is 59.2 Å². The number of hydrogen-bond donors (Lipinski definition) is 1. The topological polar surface area (TPSA) is 79.2 Å². The molecule has 0 fully saturated rings. The molecule has 1 N–H and O–H groups in total. The van der Waals surface area contributed by atoms with E-state index in [4.69, 9.17) is 9.84 Å². The third-order valence-electron chi connectivity index (χ3n) is 3.82. The van der Waals surface area contributed by atoms with Crippen LogP contribution in [0.1, 0.15) is 22.8 Å². The number of carboxylic acid groups (broad SMARTS) is 1. The molecular formula is C19H16N2O4. The number of nitrogens with zero attached hydrogens (tertiary/aromatic N) is 2. The SMILES string of the molecule is COc1ccc(/C=C2/N=C(C)N(c3ccc(C(=O)O)cc3)C2=O)cc1. The van der Waals surface area contributed by atoms with Crippen molar-refractivity contribution >= 4 is 29.5 Å². The third kappa shape index (κ3) is 3.28. The smallest absolute Gasteiger partial charge is 0.335 e. The second-order valence-electron chi connectivity index (χ2n) is 5.45. The zero-order valence-corrected chi connectivity index (χ0v) is 13.8. The number of aliphatic imine (C=N–C) groups is 1. The lowest BCUT2D eigenvalue weighted by molar-refractivity contribution is -0.113. The highest BCUT2D eigenvalue weighted by atomic mass is 16.5. The maximum absolute atomic E-state index is 12.7. The van der Waals surface area contributed by atoms with Crippen molar-refractivity contribution in [3.8, 4) is 5.75 Å². The summed E-state index contributed by atoms with van der Waals surface area (Å²) in [6.07, 6.45) is 1.71. The molecule has 25 heavy (non-hydrogen) atoms. The number of benzene rings is 2.